The van der Waals surface area contributed by atoms with E-state index in [-0.39, 0.29) is 49.5 Å². The Balaban J connectivity index is 0.00000497. The highest BCUT2D eigenvalue weighted by Gasteiger charge is 2.51. The van der Waals surface area contributed by atoms with Crippen LogP contribution in [-0.2, 0) is 53.8 Å². The molecule has 5 heterocycles. The number of nitrogens with zero attached hydrogens (tertiary/aromatic N) is 4. The molecule has 3 atom stereocenters. The lowest BCUT2D eigenvalue weighted by molar-refractivity contribution is -0.190. The number of hydrogen-bond donors (Lipinski definition) is 3. The zero-order valence-electron chi connectivity index (χ0n) is 29.9. The number of carbonyl (C=O) groups excluding carboxylic acids is 3. The fraction of sp³-hybridized carbons (Fsp3) is 0.359. The van der Waals surface area contributed by atoms with E-state index >= 15 is 0 Å². The van der Waals surface area contributed by atoms with Crippen molar-refractivity contribution in [3.8, 4) is 11.4 Å². The maximum Gasteiger partial charge on any atom is 0.355 e. The first-order chi connectivity index (χ1) is 25.6. The number of nitrogens with two attached hydrogens (primary N) is 1. The van der Waals surface area contributed by atoms with Crippen molar-refractivity contribution in [1.82, 2.24) is 14.9 Å². The van der Waals surface area contributed by atoms with Crippen molar-refractivity contribution in [1.29, 1.82) is 0 Å². The first-order valence-corrected chi connectivity index (χ1v) is 17.8. The Hall–Kier alpha value is -5.60. The number of cyclic esters (lactones) is 1. The van der Waals surface area contributed by atoms with E-state index in [2.05, 4.69) is 22.1 Å². The second kappa shape index (κ2) is 15.4. The molecule has 1 amide bonds. The van der Waals surface area contributed by atoms with Crippen molar-refractivity contribution >= 4 is 64.8 Å². The highest BCUT2D eigenvalue weighted by molar-refractivity contribution is 6.11. The van der Waals surface area contributed by atoms with Crippen LogP contribution in [0.2, 0.25) is 0 Å². The van der Waals surface area contributed by atoms with Gasteiger partial charge in [-0.2, -0.15) is 0 Å². The van der Waals surface area contributed by atoms with Crippen molar-refractivity contribution in [2.75, 3.05) is 11.4 Å². The Labute approximate surface area is 316 Å². The van der Waals surface area contributed by atoms with Gasteiger partial charge in [-0.05, 0) is 43.0 Å². The SMILES string of the molecule is CCCCCN1C=Nc2cccc3nc4c(c1c23)Cn1c-4cc2c(c1=O)COC(=O)[C@@]2(CC)OC(=O)C[C@@H](NC(=O)[C@@H](N)Cc1ccccc1)C(=O)O.Cl. The minimum atomic E-state index is -2.06. The molecule has 0 aliphatic carbocycles. The maximum absolute atomic E-state index is 14.2. The topological polar surface area (TPSA) is 196 Å². The molecule has 0 unspecified atom stereocenters. The fourth-order valence-corrected chi connectivity index (χ4v) is 7.40. The predicted molar refractivity (Wildman–Crippen MR) is 203 cm³/mol. The van der Waals surface area contributed by atoms with Crippen molar-refractivity contribution in [3.63, 3.8) is 0 Å². The zero-order chi connectivity index (χ0) is 37.4. The van der Waals surface area contributed by atoms with Crippen LogP contribution in [0.4, 0.5) is 11.4 Å². The second-order valence-corrected chi connectivity index (χ2v) is 13.5. The van der Waals surface area contributed by atoms with Gasteiger partial charge in [-0.15, -0.1) is 12.4 Å². The summed E-state index contributed by atoms with van der Waals surface area (Å²) in [7, 11) is 0. The average molecular weight is 757 g/mol. The normalized spacial score (nSPS) is 17.4. The molecular formula is C39H41ClN6O8. The molecule has 2 aromatic heterocycles. The molecule has 0 spiro atoms. The minimum absolute atomic E-state index is 0. The Bertz CT molecular complexity index is 2240. The molecule has 4 N–H and O–H groups in total. The predicted octanol–water partition coefficient (Wildman–Crippen LogP) is 4.25. The van der Waals surface area contributed by atoms with E-state index in [1.54, 1.807) is 41.8 Å². The lowest BCUT2D eigenvalue weighted by Crippen LogP contribution is -2.51. The number of nitrogens with one attached hydrogen (secondary N) is 1. The molecule has 14 nitrogen and oxygen atoms in total. The number of pyridine rings is 2. The van der Waals surface area contributed by atoms with Crippen molar-refractivity contribution in [2.24, 2.45) is 10.7 Å². The van der Waals surface area contributed by atoms with E-state index in [0.717, 1.165) is 53.7 Å². The van der Waals surface area contributed by atoms with Crippen molar-refractivity contribution in [2.45, 2.75) is 83.2 Å². The summed E-state index contributed by atoms with van der Waals surface area (Å²) in [5.74, 6) is -4.25. The number of anilines is 1. The molecule has 15 heteroatoms. The first-order valence-electron chi connectivity index (χ1n) is 17.8. The van der Waals surface area contributed by atoms with Gasteiger partial charge in [0.1, 0.15) is 12.6 Å². The number of carboxylic acids is 1. The lowest BCUT2D eigenvalue weighted by atomic mass is 9.85. The van der Waals surface area contributed by atoms with Crippen LogP contribution in [0.25, 0.3) is 22.3 Å². The number of amides is 1. The first kappa shape index (κ1) is 38.1. The summed E-state index contributed by atoms with van der Waals surface area (Å²) < 4.78 is 12.9. The van der Waals surface area contributed by atoms with Gasteiger partial charge in [0, 0.05) is 17.7 Å². The average Bonchev–Trinajstić information content (AvgIpc) is 3.52. The number of esters is 2. The Morgan fingerprint density at radius 1 is 1.07 bits per heavy atom. The van der Waals surface area contributed by atoms with E-state index in [4.69, 9.17) is 20.2 Å². The number of rotatable bonds is 13. The van der Waals surface area contributed by atoms with E-state index in [9.17, 15) is 29.1 Å². The van der Waals surface area contributed by atoms with Gasteiger partial charge in [-0.25, -0.2) is 19.6 Å². The summed E-state index contributed by atoms with van der Waals surface area (Å²) in [6, 6.07) is 13.5. The van der Waals surface area contributed by atoms with Gasteiger partial charge in [0.25, 0.3) is 5.56 Å². The molecule has 4 aromatic rings. The largest absolute Gasteiger partial charge is 0.480 e. The molecule has 7 rings (SSSR count). The number of aromatic nitrogens is 2. The molecule has 0 saturated heterocycles. The van der Waals surface area contributed by atoms with Crippen LogP contribution in [0.15, 0.2) is 64.4 Å². The summed E-state index contributed by atoms with van der Waals surface area (Å²) >= 11 is 0. The maximum atomic E-state index is 14.2. The smallest absolute Gasteiger partial charge is 0.355 e. The lowest BCUT2D eigenvalue weighted by Gasteiger charge is -2.36. The van der Waals surface area contributed by atoms with Crippen LogP contribution >= 0.6 is 12.4 Å². The molecule has 0 bridgehead atoms. The number of unbranched alkanes of at least 4 members (excludes halogenated alkanes) is 2. The van der Waals surface area contributed by atoms with Gasteiger partial charge in [-0.1, -0.05) is 63.1 Å². The second-order valence-electron chi connectivity index (χ2n) is 13.5. The van der Waals surface area contributed by atoms with Crippen molar-refractivity contribution in [3.05, 3.63) is 87.2 Å². The van der Waals surface area contributed by atoms with Gasteiger partial charge < -0.3 is 35.1 Å². The van der Waals surface area contributed by atoms with Gasteiger partial charge in [-0.3, -0.25) is 14.4 Å². The van der Waals surface area contributed by atoms with E-state index in [1.807, 2.05) is 30.6 Å². The van der Waals surface area contributed by atoms with Crippen LogP contribution < -0.4 is 21.5 Å². The summed E-state index contributed by atoms with van der Waals surface area (Å²) in [6.45, 7) is 4.36. The number of halogens is 1. The van der Waals surface area contributed by atoms with E-state index < -0.39 is 53.5 Å². The summed E-state index contributed by atoms with van der Waals surface area (Å²) in [6.07, 6.45) is 4.08. The highest BCUT2D eigenvalue weighted by atomic mass is 35.5. The van der Waals surface area contributed by atoms with Crippen molar-refractivity contribution < 1.29 is 33.8 Å². The van der Waals surface area contributed by atoms with Gasteiger partial charge in [0.15, 0.2) is 0 Å². The molecule has 54 heavy (non-hydrogen) atoms. The number of carboxylic acid groups (broad SMARTS) is 1. The van der Waals surface area contributed by atoms with E-state index in [1.165, 1.54) is 0 Å². The molecule has 0 fully saturated rings. The van der Waals surface area contributed by atoms with Gasteiger partial charge in [0.05, 0.1) is 64.6 Å². The number of fused-ring (bicyclic) bond motifs is 5. The molecule has 2 aromatic carbocycles. The summed E-state index contributed by atoms with van der Waals surface area (Å²) in [5.41, 5.74) is 8.91. The van der Waals surface area contributed by atoms with E-state index in [0.29, 0.717) is 16.9 Å². The highest BCUT2D eigenvalue weighted by Crippen LogP contribution is 2.47. The van der Waals surface area contributed by atoms with Gasteiger partial charge >= 0.3 is 17.9 Å². The van der Waals surface area contributed by atoms with Crippen LogP contribution in [-0.4, -0.2) is 63.4 Å². The van der Waals surface area contributed by atoms with Gasteiger partial charge in [0.2, 0.25) is 11.5 Å². The van der Waals surface area contributed by atoms with Crippen LogP contribution in [0, 0.1) is 0 Å². The van der Waals surface area contributed by atoms with Crippen LogP contribution in [0.3, 0.4) is 0 Å². The molecular weight excluding hydrogens is 716 g/mol. The zero-order valence-corrected chi connectivity index (χ0v) is 30.7. The molecule has 0 saturated carbocycles. The number of aliphatic imine (C=N–C) groups is 1. The fourth-order valence-electron chi connectivity index (χ4n) is 7.40. The molecule has 282 valence electrons. The monoisotopic (exact) mass is 756 g/mol. The number of ether oxygens (including phenoxy) is 2. The Kier molecular flexibility index (Phi) is 10.9. The molecule has 3 aliphatic heterocycles. The molecule has 3 aliphatic rings. The standard InChI is InChI=1S/C39H40N6O8.ClH/c1-3-5-9-15-44-21-41-27-13-10-14-28-32(27)34(44)23-19-45-30(33(23)42-28)17-25-24(36(45)48)20-52-38(51)39(25,4-2)53-31(46)18-29(37(49)50)43-35(47)26(40)16-22-11-7-6-8-12-22;/h6-8,10-14,17,21,26,29H,3-5,9,15-16,18-20,40H2,1-2H3,(H,43,47)(H,49,50);1H/t26-,29+,39-;/m0./s1. The Morgan fingerprint density at radius 2 is 1.85 bits per heavy atom. The van der Waals surface area contributed by atoms with Crippen LogP contribution in [0.1, 0.15) is 68.2 Å². The third-order valence-corrected chi connectivity index (χ3v) is 10.2. The Morgan fingerprint density at radius 3 is 2.57 bits per heavy atom. The third kappa shape index (κ3) is 6.71. The summed E-state index contributed by atoms with van der Waals surface area (Å²) in [5, 5.41) is 13.1. The molecule has 0 radical (unpaired) electrons. The third-order valence-electron chi connectivity index (χ3n) is 10.2. The quantitative estimate of drug-likeness (QED) is 0.115. The summed E-state index contributed by atoms with van der Waals surface area (Å²) in [4.78, 5) is 78.2. The number of hydrogen-bond acceptors (Lipinski definition) is 11. The van der Waals surface area contributed by atoms with Crippen LogP contribution in [0.5, 0.6) is 0 Å². The minimum Gasteiger partial charge on any atom is -0.480 e. The number of benzene rings is 2. The number of aliphatic carboxylic acids is 1. The number of carbonyl (C=O) groups is 4.